The summed E-state index contributed by atoms with van der Waals surface area (Å²) in [7, 11) is 4.19. The average molecular weight is 296 g/mol. The first kappa shape index (κ1) is 16.2. The summed E-state index contributed by atoms with van der Waals surface area (Å²) < 4.78 is 0. The Balaban J connectivity index is 2.07. The van der Waals surface area contributed by atoms with Gasteiger partial charge in [-0.1, -0.05) is 20.8 Å². The smallest absolute Gasteiger partial charge is 0.246 e. The highest BCUT2D eigenvalue weighted by Crippen LogP contribution is 2.23. The van der Waals surface area contributed by atoms with Crippen molar-refractivity contribution in [2.24, 2.45) is 5.41 Å². The van der Waals surface area contributed by atoms with Crippen LogP contribution in [-0.2, 0) is 9.59 Å². The molecule has 0 aromatic heterocycles. The van der Waals surface area contributed by atoms with E-state index in [1.54, 1.807) is 4.90 Å². The number of likely N-dealkylation sites (N-methyl/N-ethyl adjacent to an activating group) is 2. The van der Waals surface area contributed by atoms with E-state index in [9.17, 15) is 9.59 Å². The third kappa shape index (κ3) is 3.74. The molecule has 6 nitrogen and oxygen atoms in total. The van der Waals surface area contributed by atoms with Crippen LogP contribution in [0.3, 0.4) is 0 Å². The summed E-state index contributed by atoms with van der Waals surface area (Å²) >= 11 is 0. The van der Waals surface area contributed by atoms with E-state index in [1.165, 1.54) is 0 Å². The first-order valence-electron chi connectivity index (χ1n) is 7.65. The molecule has 0 aromatic rings. The molecular weight excluding hydrogens is 268 g/mol. The van der Waals surface area contributed by atoms with Crippen molar-refractivity contribution < 1.29 is 9.59 Å². The number of carbonyl (C=O) groups excluding carboxylic acids is 2. The minimum absolute atomic E-state index is 0.0451. The number of nitrogens with one attached hydrogen (secondary N) is 1. The maximum Gasteiger partial charge on any atom is 0.246 e. The second-order valence-corrected chi connectivity index (χ2v) is 7.48. The molecule has 2 fully saturated rings. The Morgan fingerprint density at radius 2 is 1.86 bits per heavy atom. The maximum atomic E-state index is 12.7. The van der Waals surface area contributed by atoms with Crippen molar-refractivity contribution in [1.29, 1.82) is 0 Å². The van der Waals surface area contributed by atoms with Crippen molar-refractivity contribution in [2.75, 3.05) is 46.8 Å². The van der Waals surface area contributed by atoms with Crippen molar-refractivity contribution >= 4 is 11.8 Å². The highest BCUT2D eigenvalue weighted by molar-refractivity contribution is 5.95. The fourth-order valence-electron chi connectivity index (χ4n) is 3.00. The molecule has 0 spiro atoms. The SMILES string of the molecule is CN1CCN(C)C(CN2CC(=O)NC(C(C)(C)C)C2=O)C1. The van der Waals surface area contributed by atoms with Crippen LogP contribution in [0, 0.1) is 5.41 Å². The van der Waals surface area contributed by atoms with Gasteiger partial charge in [-0.2, -0.15) is 0 Å². The zero-order valence-corrected chi connectivity index (χ0v) is 13.8. The van der Waals surface area contributed by atoms with Gasteiger partial charge in [-0.05, 0) is 19.5 Å². The van der Waals surface area contributed by atoms with Crippen LogP contribution in [0.4, 0.5) is 0 Å². The van der Waals surface area contributed by atoms with E-state index in [0.717, 1.165) is 19.6 Å². The molecule has 2 rings (SSSR count). The van der Waals surface area contributed by atoms with Crippen LogP contribution < -0.4 is 5.32 Å². The third-order valence-corrected chi connectivity index (χ3v) is 4.48. The molecule has 0 aliphatic carbocycles. The summed E-state index contributed by atoms with van der Waals surface area (Å²) in [6.07, 6.45) is 0. The molecule has 2 saturated heterocycles. The van der Waals surface area contributed by atoms with E-state index in [0.29, 0.717) is 12.6 Å². The molecule has 2 aliphatic heterocycles. The number of piperazine rings is 2. The van der Waals surface area contributed by atoms with Gasteiger partial charge in [0.2, 0.25) is 11.8 Å². The van der Waals surface area contributed by atoms with Crippen LogP contribution in [-0.4, -0.2) is 85.4 Å². The van der Waals surface area contributed by atoms with E-state index in [1.807, 2.05) is 20.8 Å². The normalized spacial score (nSPS) is 29.7. The molecule has 2 atom stereocenters. The van der Waals surface area contributed by atoms with Crippen molar-refractivity contribution in [3.8, 4) is 0 Å². The number of carbonyl (C=O) groups is 2. The van der Waals surface area contributed by atoms with Crippen molar-refractivity contribution in [3.05, 3.63) is 0 Å². The zero-order chi connectivity index (χ0) is 15.8. The van der Waals surface area contributed by atoms with Crippen LogP contribution in [0.15, 0.2) is 0 Å². The molecule has 1 N–H and O–H groups in total. The second kappa shape index (κ2) is 5.93. The Morgan fingerprint density at radius 3 is 2.48 bits per heavy atom. The standard InChI is InChI=1S/C15H28N4O2/c1-15(2,3)13-14(21)19(10-12(20)16-13)9-11-8-17(4)6-7-18(11)5/h11,13H,6-10H2,1-5H3,(H,16,20). The summed E-state index contributed by atoms with van der Waals surface area (Å²) in [6, 6.07) is -0.135. The van der Waals surface area contributed by atoms with Gasteiger partial charge in [0.15, 0.2) is 0 Å². The van der Waals surface area contributed by atoms with Crippen LogP contribution in [0.5, 0.6) is 0 Å². The topological polar surface area (TPSA) is 55.9 Å². The number of amides is 2. The van der Waals surface area contributed by atoms with E-state index < -0.39 is 6.04 Å². The van der Waals surface area contributed by atoms with Crippen LogP contribution in [0.2, 0.25) is 0 Å². The van der Waals surface area contributed by atoms with Gasteiger partial charge in [0.1, 0.15) is 6.04 Å². The van der Waals surface area contributed by atoms with Gasteiger partial charge in [-0.25, -0.2) is 0 Å². The quantitative estimate of drug-likeness (QED) is 0.754. The van der Waals surface area contributed by atoms with Gasteiger partial charge in [-0.3, -0.25) is 14.5 Å². The summed E-state index contributed by atoms with van der Waals surface area (Å²) in [5.74, 6) is -0.00920. The molecule has 21 heavy (non-hydrogen) atoms. The summed E-state index contributed by atoms with van der Waals surface area (Å²) in [5, 5.41) is 2.84. The Labute approximate surface area is 127 Å². The molecule has 0 saturated carbocycles. The first-order chi connectivity index (χ1) is 9.68. The van der Waals surface area contributed by atoms with Gasteiger partial charge >= 0.3 is 0 Å². The molecule has 6 heteroatoms. The predicted octanol–water partition coefficient (Wildman–Crippen LogP) is -0.395. The minimum Gasteiger partial charge on any atom is -0.342 e. The molecular formula is C15H28N4O2. The molecule has 120 valence electrons. The largest absolute Gasteiger partial charge is 0.342 e. The molecule has 0 aromatic carbocycles. The van der Waals surface area contributed by atoms with E-state index in [-0.39, 0.29) is 23.8 Å². The van der Waals surface area contributed by atoms with E-state index >= 15 is 0 Å². The second-order valence-electron chi connectivity index (χ2n) is 7.48. The fraction of sp³-hybridized carbons (Fsp3) is 0.867. The average Bonchev–Trinajstić information content (AvgIpc) is 2.36. The minimum atomic E-state index is -0.426. The highest BCUT2D eigenvalue weighted by atomic mass is 16.2. The van der Waals surface area contributed by atoms with Crippen molar-refractivity contribution in [1.82, 2.24) is 20.0 Å². The summed E-state index contributed by atoms with van der Waals surface area (Å²) in [4.78, 5) is 30.9. The lowest BCUT2D eigenvalue weighted by molar-refractivity contribution is -0.148. The van der Waals surface area contributed by atoms with Gasteiger partial charge in [-0.15, -0.1) is 0 Å². The highest BCUT2D eigenvalue weighted by Gasteiger charge is 2.41. The monoisotopic (exact) mass is 296 g/mol. The fourth-order valence-corrected chi connectivity index (χ4v) is 3.00. The van der Waals surface area contributed by atoms with Crippen LogP contribution in [0.1, 0.15) is 20.8 Å². The molecule has 2 amide bonds. The number of hydrogen-bond donors (Lipinski definition) is 1. The van der Waals surface area contributed by atoms with Gasteiger partial charge in [0.05, 0.1) is 6.54 Å². The number of nitrogens with zero attached hydrogens (tertiary/aromatic N) is 3. The summed E-state index contributed by atoms with van der Waals surface area (Å²) in [5.41, 5.74) is -0.263. The molecule has 2 heterocycles. The van der Waals surface area contributed by atoms with Crippen molar-refractivity contribution in [3.63, 3.8) is 0 Å². The number of rotatable bonds is 2. The molecule has 2 aliphatic rings. The third-order valence-electron chi connectivity index (χ3n) is 4.48. The Morgan fingerprint density at radius 1 is 1.19 bits per heavy atom. The maximum absolute atomic E-state index is 12.7. The molecule has 2 unspecified atom stereocenters. The molecule has 0 bridgehead atoms. The van der Waals surface area contributed by atoms with E-state index in [2.05, 4.69) is 29.2 Å². The predicted molar refractivity (Wildman–Crippen MR) is 81.9 cm³/mol. The number of hydrogen-bond acceptors (Lipinski definition) is 4. The lowest BCUT2D eigenvalue weighted by atomic mass is 9.84. The summed E-state index contributed by atoms with van der Waals surface area (Å²) in [6.45, 7) is 9.74. The lowest BCUT2D eigenvalue weighted by Crippen LogP contribution is -2.65. The first-order valence-corrected chi connectivity index (χ1v) is 7.65. The zero-order valence-electron chi connectivity index (χ0n) is 13.8. The Hall–Kier alpha value is -1.14. The van der Waals surface area contributed by atoms with Crippen molar-refractivity contribution in [2.45, 2.75) is 32.9 Å². The Kier molecular flexibility index (Phi) is 4.58. The van der Waals surface area contributed by atoms with Gasteiger partial charge in [0, 0.05) is 32.2 Å². The van der Waals surface area contributed by atoms with E-state index in [4.69, 9.17) is 0 Å². The Bertz CT molecular complexity index is 418. The molecule has 0 radical (unpaired) electrons. The van der Waals surface area contributed by atoms with Crippen LogP contribution >= 0.6 is 0 Å². The lowest BCUT2D eigenvalue weighted by Gasteiger charge is -2.43. The van der Waals surface area contributed by atoms with Gasteiger partial charge < -0.3 is 15.1 Å². The van der Waals surface area contributed by atoms with Gasteiger partial charge in [0.25, 0.3) is 0 Å². The van der Waals surface area contributed by atoms with Crippen LogP contribution in [0.25, 0.3) is 0 Å².